The number of ether oxygens (including phenoxy) is 2. The van der Waals surface area contributed by atoms with E-state index in [1.807, 2.05) is 12.1 Å². The molecule has 2 fully saturated rings. The van der Waals surface area contributed by atoms with Crippen molar-refractivity contribution < 1.29 is 14.3 Å². The van der Waals surface area contributed by atoms with Gasteiger partial charge in [0.1, 0.15) is 17.6 Å². The molecule has 5 heteroatoms. The molecule has 3 rings (SSSR count). The van der Waals surface area contributed by atoms with Crippen LogP contribution in [0, 0.1) is 5.92 Å². The first-order valence-electron chi connectivity index (χ1n) is 10.4. The molecule has 1 N–H and O–H groups in total. The minimum Gasteiger partial charge on any atom is -0.497 e. The van der Waals surface area contributed by atoms with Gasteiger partial charge in [0.25, 0.3) is 5.91 Å². The SMILES string of the molecule is COc1ccc(OC2CCN(C3CCCC3)CC2)c(C(=O)NCC(C)C)c1. The maximum absolute atomic E-state index is 12.7. The summed E-state index contributed by atoms with van der Waals surface area (Å²) in [6.07, 6.45) is 7.68. The number of piperidine rings is 1. The van der Waals surface area contributed by atoms with Crippen LogP contribution in [0.15, 0.2) is 18.2 Å². The number of rotatable bonds is 7. The summed E-state index contributed by atoms with van der Waals surface area (Å²) < 4.78 is 11.6. The number of likely N-dealkylation sites (tertiary alicyclic amines) is 1. The summed E-state index contributed by atoms with van der Waals surface area (Å²) in [4.78, 5) is 15.3. The third kappa shape index (κ3) is 5.38. The van der Waals surface area contributed by atoms with E-state index in [0.29, 0.717) is 29.5 Å². The Kier molecular flexibility index (Phi) is 7.00. The van der Waals surface area contributed by atoms with Crippen molar-refractivity contribution in [2.24, 2.45) is 5.92 Å². The van der Waals surface area contributed by atoms with E-state index in [4.69, 9.17) is 9.47 Å². The van der Waals surface area contributed by atoms with Crippen molar-refractivity contribution in [3.63, 3.8) is 0 Å². The van der Waals surface area contributed by atoms with Crippen molar-refractivity contribution in [2.45, 2.75) is 64.5 Å². The normalized spacial score (nSPS) is 19.4. The first kappa shape index (κ1) is 20.0. The van der Waals surface area contributed by atoms with E-state index < -0.39 is 0 Å². The molecule has 0 aromatic heterocycles. The fraction of sp³-hybridized carbons (Fsp3) is 0.682. The Morgan fingerprint density at radius 2 is 1.89 bits per heavy atom. The second-order valence-corrected chi connectivity index (χ2v) is 8.26. The monoisotopic (exact) mass is 374 g/mol. The Hall–Kier alpha value is -1.75. The summed E-state index contributed by atoms with van der Waals surface area (Å²) in [7, 11) is 1.62. The van der Waals surface area contributed by atoms with Gasteiger partial charge in [-0.1, -0.05) is 26.7 Å². The van der Waals surface area contributed by atoms with Gasteiger partial charge in [0, 0.05) is 25.7 Å². The lowest BCUT2D eigenvalue weighted by atomic mass is 10.0. The first-order valence-corrected chi connectivity index (χ1v) is 10.4. The van der Waals surface area contributed by atoms with Gasteiger partial charge in [0.2, 0.25) is 0 Å². The number of nitrogens with zero attached hydrogens (tertiary/aromatic N) is 1. The van der Waals surface area contributed by atoms with Crippen LogP contribution in [0.4, 0.5) is 0 Å². The second-order valence-electron chi connectivity index (χ2n) is 8.26. The molecular weight excluding hydrogens is 340 g/mol. The lowest BCUT2D eigenvalue weighted by Crippen LogP contribution is -2.43. The van der Waals surface area contributed by atoms with Gasteiger partial charge in [0.15, 0.2) is 0 Å². The third-order valence-corrected chi connectivity index (χ3v) is 5.71. The summed E-state index contributed by atoms with van der Waals surface area (Å²) in [5.74, 6) is 1.65. The number of hydrogen-bond acceptors (Lipinski definition) is 4. The molecule has 1 aromatic rings. The summed E-state index contributed by atoms with van der Waals surface area (Å²) in [6, 6.07) is 6.29. The van der Waals surface area contributed by atoms with Gasteiger partial charge in [-0.3, -0.25) is 4.79 Å². The molecule has 0 unspecified atom stereocenters. The van der Waals surface area contributed by atoms with Crippen molar-refractivity contribution >= 4 is 5.91 Å². The maximum atomic E-state index is 12.7. The fourth-order valence-electron chi connectivity index (χ4n) is 4.12. The average Bonchev–Trinajstić information content (AvgIpc) is 3.21. The van der Waals surface area contributed by atoms with Gasteiger partial charge in [0.05, 0.1) is 12.7 Å². The number of carbonyl (C=O) groups excluding carboxylic acids is 1. The molecule has 1 heterocycles. The van der Waals surface area contributed by atoms with Gasteiger partial charge in [-0.05, 0) is 49.8 Å². The van der Waals surface area contributed by atoms with Crippen LogP contribution >= 0.6 is 0 Å². The van der Waals surface area contributed by atoms with E-state index in [1.165, 1.54) is 25.7 Å². The molecule has 1 aliphatic heterocycles. The highest BCUT2D eigenvalue weighted by Crippen LogP contribution is 2.30. The van der Waals surface area contributed by atoms with Crippen LogP contribution in [0.1, 0.15) is 62.7 Å². The zero-order valence-corrected chi connectivity index (χ0v) is 17.0. The number of amides is 1. The molecule has 5 nitrogen and oxygen atoms in total. The molecule has 1 amide bonds. The molecule has 150 valence electrons. The fourth-order valence-corrected chi connectivity index (χ4v) is 4.12. The molecule has 0 atom stereocenters. The highest BCUT2D eigenvalue weighted by Gasteiger charge is 2.28. The zero-order valence-electron chi connectivity index (χ0n) is 17.0. The van der Waals surface area contributed by atoms with Crippen LogP contribution < -0.4 is 14.8 Å². The highest BCUT2D eigenvalue weighted by molar-refractivity contribution is 5.97. The Labute approximate surface area is 163 Å². The molecular formula is C22H34N2O3. The smallest absolute Gasteiger partial charge is 0.255 e. The molecule has 1 aliphatic carbocycles. The molecule has 27 heavy (non-hydrogen) atoms. The Morgan fingerprint density at radius 1 is 1.19 bits per heavy atom. The van der Waals surface area contributed by atoms with E-state index in [-0.39, 0.29) is 12.0 Å². The Morgan fingerprint density at radius 3 is 2.52 bits per heavy atom. The van der Waals surface area contributed by atoms with E-state index in [0.717, 1.165) is 32.0 Å². The summed E-state index contributed by atoms with van der Waals surface area (Å²) in [5, 5.41) is 2.99. The van der Waals surface area contributed by atoms with Crippen LogP contribution in [0.25, 0.3) is 0 Å². The number of nitrogens with one attached hydrogen (secondary N) is 1. The summed E-state index contributed by atoms with van der Waals surface area (Å²) in [6.45, 7) is 7.01. The van der Waals surface area contributed by atoms with Crippen molar-refractivity contribution in [3.8, 4) is 11.5 Å². The molecule has 1 aromatic carbocycles. The van der Waals surface area contributed by atoms with Crippen LogP contribution in [0.5, 0.6) is 11.5 Å². The van der Waals surface area contributed by atoms with Gasteiger partial charge in [-0.25, -0.2) is 0 Å². The predicted molar refractivity (Wildman–Crippen MR) is 108 cm³/mol. The topological polar surface area (TPSA) is 50.8 Å². The number of methoxy groups -OCH3 is 1. The average molecular weight is 375 g/mol. The van der Waals surface area contributed by atoms with E-state index in [9.17, 15) is 4.79 Å². The van der Waals surface area contributed by atoms with Crippen molar-refractivity contribution in [1.82, 2.24) is 10.2 Å². The van der Waals surface area contributed by atoms with Crippen molar-refractivity contribution in [1.29, 1.82) is 0 Å². The molecule has 1 saturated heterocycles. The van der Waals surface area contributed by atoms with Crippen LogP contribution in [-0.4, -0.2) is 49.7 Å². The van der Waals surface area contributed by atoms with Crippen molar-refractivity contribution in [2.75, 3.05) is 26.7 Å². The maximum Gasteiger partial charge on any atom is 0.255 e. The number of carbonyl (C=O) groups is 1. The van der Waals surface area contributed by atoms with E-state index >= 15 is 0 Å². The third-order valence-electron chi connectivity index (χ3n) is 5.71. The number of hydrogen-bond donors (Lipinski definition) is 1. The number of benzene rings is 1. The lowest BCUT2D eigenvalue weighted by molar-refractivity contribution is 0.0749. The van der Waals surface area contributed by atoms with Crippen LogP contribution in [0.2, 0.25) is 0 Å². The minimum atomic E-state index is -0.0963. The minimum absolute atomic E-state index is 0.0963. The van der Waals surface area contributed by atoms with Gasteiger partial charge < -0.3 is 19.7 Å². The molecule has 0 radical (unpaired) electrons. The standard InChI is InChI=1S/C22H34N2O3/c1-16(2)15-23-22(25)20-14-19(26-3)8-9-21(20)27-18-10-12-24(13-11-18)17-6-4-5-7-17/h8-9,14,16-18H,4-7,10-13,15H2,1-3H3,(H,23,25). The first-order chi connectivity index (χ1) is 13.1. The molecule has 2 aliphatic rings. The largest absolute Gasteiger partial charge is 0.497 e. The quantitative estimate of drug-likeness (QED) is 0.787. The Balaban J connectivity index is 1.62. The van der Waals surface area contributed by atoms with Gasteiger partial charge in [-0.2, -0.15) is 0 Å². The molecule has 1 saturated carbocycles. The molecule has 0 spiro atoms. The summed E-state index contributed by atoms with van der Waals surface area (Å²) in [5.41, 5.74) is 0.563. The van der Waals surface area contributed by atoms with E-state index in [1.54, 1.807) is 13.2 Å². The van der Waals surface area contributed by atoms with Crippen LogP contribution in [-0.2, 0) is 0 Å². The van der Waals surface area contributed by atoms with Crippen LogP contribution in [0.3, 0.4) is 0 Å². The van der Waals surface area contributed by atoms with Gasteiger partial charge >= 0.3 is 0 Å². The Bertz CT molecular complexity index is 618. The van der Waals surface area contributed by atoms with Crippen molar-refractivity contribution in [3.05, 3.63) is 23.8 Å². The van der Waals surface area contributed by atoms with Gasteiger partial charge in [-0.15, -0.1) is 0 Å². The second kappa shape index (κ2) is 9.45. The van der Waals surface area contributed by atoms with E-state index in [2.05, 4.69) is 24.1 Å². The zero-order chi connectivity index (χ0) is 19.2. The highest BCUT2D eigenvalue weighted by atomic mass is 16.5. The predicted octanol–water partition coefficient (Wildman–Crippen LogP) is 3.87. The lowest BCUT2D eigenvalue weighted by Gasteiger charge is -2.36. The molecule has 0 bridgehead atoms. The summed E-state index contributed by atoms with van der Waals surface area (Å²) >= 11 is 0.